The zero-order chi connectivity index (χ0) is 13.0. The van der Waals surface area contributed by atoms with E-state index in [4.69, 9.17) is 5.73 Å². The van der Waals surface area contributed by atoms with E-state index >= 15 is 0 Å². The number of anilines is 1. The molecule has 1 aliphatic heterocycles. The van der Waals surface area contributed by atoms with Crippen molar-refractivity contribution in [1.29, 1.82) is 0 Å². The number of nitrogens with two attached hydrogens (primary N) is 1. The Morgan fingerprint density at radius 2 is 2.00 bits per heavy atom. The molecule has 0 amide bonds. The van der Waals surface area contributed by atoms with Crippen LogP contribution >= 0.6 is 0 Å². The highest BCUT2D eigenvalue weighted by Gasteiger charge is 2.22. The summed E-state index contributed by atoms with van der Waals surface area (Å²) in [6.45, 7) is 5.65. The van der Waals surface area contributed by atoms with Crippen molar-refractivity contribution in [3.63, 3.8) is 0 Å². The second kappa shape index (κ2) is 6.24. The van der Waals surface area contributed by atoms with Crippen LogP contribution in [0.4, 0.5) is 5.69 Å². The van der Waals surface area contributed by atoms with Gasteiger partial charge in [0, 0.05) is 24.3 Å². The van der Waals surface area contributed by atoms with Crippen molar-refractivity contribution in [2.45, 2.75) is 58.0 Å². The van der Waals surface area contributed by atoms with E-state index in [1.54, 1.807) is 0 Å². The molecule has 1 aromatic carbocycles. The largest absolute Gasteiger partial charge is 0.369 e. The number of hydrogen-bond acceptors (Lipinski definition) is 2. The Morgan fingerprint density at radius 1 is 1.28 bits per heavy atom. The van der Waals surface area contributed by atoms with Gasteiger partial charge in [-0.2, -0.15) is 0 Å². The van der Waals surface area contributed by atoms with Gasteiger partial charge in [0.05, 0.1) is 0 Å². The Labute approximate surface area is 111 Å². The fraction of sp³-hybridized carbons (Fsp3) is 0.625. The lowest BCUT2D eigenvalue weighted by Crippen LogP contribution is -2.28. The molecule has 0 bridgehead atoms. The first-order chi connectivity index (χ1) is 8.74. The summed E-state index contributed by atoms with van der Waals surface area (Å²) in [6, 6.07) is 10.1. The summed E-state index contributed by atoms with van der Waals surface area (Å²) in [4.78, 5) is 2.56. The molecule has 2 N–H and O–H groups in total. The maximum Gasteiger partial charge on any atom is 0.0368 e. The van der Waals surface area contributed by atoms with Gasteiger partial charge in [-0.3, -0.25) is 0 Å². The van der Waals surface area contributed by atoms with Crippen LogP contribution in [0.15, 0.2) is 24.3 Å². The molecule has 1 fully saturated rings. The highest BCUT2D eigenvalue weighted by Crippen LogP contribution is 2.27. The summed E-state index contributed by atoms with van der Waals surface area (Å²) in [6.07, 6.45) is 5.97. The average Bonchev–Trinajstić information content (AvgIpc) is 2.87. The normalized spacial score (nSPS) is 21.3. The van der Waals surface area contributed by atoms with Crippen LogP contribution in [0.2, 0.25) is 0 Å². The van der Waals surface area contributed by atoms with Gasteiger partial charge in [0.15, 0.2) is 0 Å². The monoisotopic (exact) mass is 246 g/mol. The van der Waals surface area contributed by atoms with Crippen LogP contribution in [0.3, 0.4) is 0 Å². The van der Waals surface area contributed by atoms with Crippen molar-refractivity contribution in [3.05, 3.63) is 29.8 Å². The smallest absolute Gasteiger partial charge is 0.0368 e. The predicted octanol–water partition coefficient (Wildman–Crippen LogP) is 3.35. The van der Waals surface area contributed by atoms with Crippen LogP contribution in [0.1, 0.15) is 45.1 Å². The molecule has 2 nitrogen and oxygen atoms in total. The second-order valence-electron chi connectivity index (χ2n) is 5.44. The fourth-order valence-electron chi connectivity index (χ4n) is 2.87. The van der Waals surface area contributed by atoms with Crippen molar-refractivity contribution < 1.29 is 0 Å². The van der Waals surface area contributed by atoms with E-state index in [0.29, 0.717) is 6.04 Å². The van der Waals surface area contributed by atoms with Gasteiger partial charge in [0.1, 0.15) is 0 Å². The zero-order valence-electron chi connectivity index (χ0n) is 11.7. The summed E-state index contributed by atoms with van der Waals surface area (Å²) in [5.41, 5.74) is 8.74. The Kier molecular flexibility index (Phi) is 4.65. The topological polar surface area (TPSA) is 29.3 Å². The maximum absolute atomic E-state index is 6.00. The van der Waals surface area contributed by atoms with Crippen molar-refractivity contribution in [3.8, 4) is 0 Å². The lowest BCUT2D eigenvalue weighted by atomic mass is 10.0. The fourth-order valence-corrected chi connectivity index (χ4v) is 2.87. The minimum atomic E-state index is 0.297. The van der Waals surface area contributed by atoms with E-state index in [9.17, 15) is 0 Å². The van der Waals surface area contributed by atoms with E-state index in [0.717, 1.165) is 18.9 Å². The Balaban J connectivity index is 2.03. The molecule has 1 aliphatic rings. The third kappa shape index (κ3) is 3.05. The summed E-state index contributed by atoms with van der Waals surface area (Å²) >= 11 is 0. The molecule has 0 aromatic heterocycles. The number of hydrogen-bond donors (Lipinski definition) is 1. The molecular weight excluding hydrogens is 220 g/mol. The third-order valence-corrected chi connectivity index (χ3v) is 4.14. The van der Waals surface area contributed by atoms with Crippen LogP contribution in [-0.2, 0) is 6.42 Å². The molecule has 2 rings (SSSR count). The van der Waals surface area contributed by atoms with Gasteiger partial charge in [0.2, 0.25) is 0 Å². The average molecular weight is 246 g/mol. The molecule has 1 saturated heterocycles. The SMILES string of the molecule is CCC(N)Cc1ccc(N2CCCC2CC)cc1. The molecule has 0 radical (unpaired) electrons. The molecule has 2 atom stereocenters. The molecular formula is C16H26N2. The van der Waals surface area contributed by atoms with E-state index in [-0.39, 0.29) is 0 Å². The third-order valence-electron chi connectivity index (χ3n) is 4.14. The molecule has 0 saturated carbocycles. The van der Waals surface area contributed by atoms with E-state index < -0.39 is 0 Å². The number of rotatable bonds is 5. The number of benzene rings is 1. The summed E-state index contributed by atoms with van der Waals surface area (Å²) in [7, 11) is 0. The summed E-state index contributed by atoms with van der Waals surface area (Å²) in [5.74, 6) is 0. The maximum atomic E-state index is 6.00. The van der Waals surface area contributed by atoms with Crippen LogP contribution in [0, 0.1) is 0 Å². The van der Waals surface area contributed by atoms with Crippen LogP contribution < -0.4 is 10.6 Å². The van der Waals surface area contributed by atoms with Crippen molar-refractivity contribution in [2.24, 2.45) is 5.73 Å². The quantitative estimate of drug-likeness (QED) is 0.863. The standard InChI is InChI=1S/C16H26N2/c1-3-14(17)12-13-7-9-16(10-8-13)18-11-5-6-15(18)4-2/h7-10,14-15H,3-6,11-12,17H2,1-2H3. The summed E-state index contributed by atoms with van der Waals surface area (Å²) in [5, 5.41) is 0. The first-order valence-corrected chi connectivity index (χ1v) is 7.35. The van der Waals surface area contributed by atoms with Gasteiger partial charge in [0.25, 0.3) is 0 Å². The van der Waals surface area contributed by atoms with Crippen molar-refractivity contribution >= 4 is 5.69 Å². The first-order valence-electron chi connectivity index (χ1n) is 7.35. The second-order valence-corrected chi connectivity index (χ2v) is 5.44. The van der Waals surface area contributed by atoms with E-state index in [2.05, 4.69) is 43.0 Å². The number of nitrogens with zero attached hydrogens (tertiary/aromatic N) is 1. The molecule has 2 unspecified atom stereocenters. The zero-order valence-corrected chi connectivity index (χ0v) is 11.7. The molecule has 100 valence electrons. The van der Waals surface area contributed by atoms with Gasteiger partial charge in [-0.25, -0.2) is 0 Å². The molecule has 0 aliphatic carbocycles. The lowest BCUT2D eigenvalue weighted by molar-refractivity contribution is 0.642. The van der Waals surface area contributed by atoms with Crippen molar-refractivity contribution in [1.82, 2.24) is 0 Å². The van der Waals surface area contributed by atoms with Crippen LogP contribution in [0.25, 0.3) is 0 Å². The summed E-state index contributed by atoms with van der Waals surface area (Å²) < 4.78 is 0. The Hall–Kier alpha value is -1.02. The van der Waals surface area contributed by atoms with Crippen LogP contribution in [0.5, 0.6) is 0 Å². The Bertz CT molecular complexity index is 358. The minimum Gasteiger partial charge on any atom is -0.369 e. The Morgan fingerprint density at radius 3 is 2.61 bits per heavy atom. The molecule has 1 aromatic rings. The van der Waals surface area contributed by atoms with Gasteiger partial charge in [-0.05, 0) is 49.8 Å². The van der Waals surface area contributed by atoms with Gasteiger partial charge < -0.3 is 10.6 Å². The first kappa shape index (κ1) is 13.4. The van der Waals surface area contributed by atoms with Crippen molar-refractivity contribution in [2.75, 3.05) is 11.4 Å². The highest BCUT2D eigenvalue weighted by atomic mass is 15.2. The van der Waals surface area contributed by atoms with E-state index in [1.165, 1.54) is 37.1 Å². The van der Waals surface area contributed by atoms with E-state index in [1.807, 2.05) is 0 Å². The molecule has 1 heterocycles. The van der Waals surface area contributed by atoms with Gasteiger partial charge in [-0.15, -0.1) is 0 Å². The lowest BCUT2D eigenvalue weighted by Gasteiger charge is -2.26. The van der Waals surface area contributed by atoms with Gasteiger partial charge in [-0.1, -0.05) is 26.0 Å². The van der Waals surface area contributed by atoms with Gasteiger partial charge >= 0.3 is 0 Å². The molecule has 0 spiro atoms. The predicted molar refractivity (Wildman–Crippen MR) is 79.1 cm³/mol. The molecule has 2 heteroatoms. The highest BCUT2D eigenvalue weighted by molar-refractivity contribution is 5.49. The molecule has 18 heavy (non-hydrogen) atoms. The van der Waals surface area contributed by atoms with Crippen LogP contribution in [-0.4, -0.2) is 18.6 Å². The minimum absolute atomic E-state index is 0.297.